The number of hydrogen-bond acceptors (Lipinski definition) is 4. The van der Waals surface area contributed by atoms with Crippen molar-refractivity contribution in [1.82, 2.24) is 0 Å². The minimum atomic E-state index is -0.565. The van der Waals surface area contributed by atoms with Crippen molar-refractivity contribution in [3.8, 4) is 0 Å². The van der Waals surface area contributed by atoms with E-state index >= 15 is 0 Å². The first kappa shape index (κ1) is 16.2. The van der Waals surface area contributed by atoms with Gasteiger partial charge in [0.2, 0.25) is 5.91 Å². The molecule has 0 aliphatic heterocycles. The molecule has 1 atom stereocenters. The van der Waals surface area contributed by atoms with Gasteiger partial charge in [0.1, 0.15) is 0 Å². The molecule has 1 amide bonds. The van der Waals surface area contributed by atoms with Gasteiger partial charge in [-0.05, 0) is 25.5 Å². The van der Waals surface area contributed by atoms with E-state index in [1.807, 2.05) is 6.92 Å². The Morgan fingerprint density at radius 1 is 1.30 bits per heavy atom. The molecule has 1 unspecified atom stereocenters. The third-order valence-electron chi connectivity index (χ3n) is 2.89. The summed E-state index contributed by atoms with van der Waals surface area (Å²) in [5.41, 5.74) is 6.58. The molecule has 0 aliphatic rings. The lowest BCUT2D eigenvalue weighted by Crippen LogP contribution is -2.35. The Bertz CT molecular complexity index is 460. The van der Waals surface area contributed by atoms with E-state index in [0.717, 1.165) is 12.8 Å². The first-order valence-electron chi connectivity index (χ1n) is 6.92. The van der Waals surface area contributed by atoms with Crippen LogP contribution >= 0.6 is 0 Å². The molecular weight excluding hydrogens is 256 g/mol. The molecule has 5 nitrogen and oxygen atoms in total. The Kier molecular flexibility index (Phi) is 6.73. The summed E-state index contributed by atoms with van der Waals surface area (Å²) < 4.78 is 4.95. The predicted octanol–water partition coefficient (Wildman–Crippen LogP) is 2.32. The summed E-state index contributed by atoms with van der Waals surface area (Å²) in [4.78, 5) is 23.7. The van der Waals surface area contributed by atoms with Gasteiger partial charge in [-0.3, -0.25) is 4.79 Å². The molecular formula is C15H22N2O3. The van der Waals surface area contributed by atoms with E-state index in [-0.39, 0.29) is 12.5 Å². The number of benzene rings is 1. The molecule has 1 aromatic carbocycles. The van der Waals surface area contributed by atoms with Crippen LogP contribution in [0, 0.1) is 0 Å². The zero-order valence-electron chi connectivity index (χ0n) is 12.0. The molecule has 0 saturated carbocycles. The molecule has 5 heteroatoms. The second kappa shape index (κ2) is 8.32. The summed E-state index contributed by atoms with van der Waals surface area (Å²) >= 11 is 0. The average Bonchev–Trinajstić information content (AvgIpc) is 2.45. The fraction of sp³-hybridized carbons (Fsp3) is 0.467. The van der Waals surface area contributed by atoms with E-state index in [1.54, 1.807) is 31.2 Å². The fourth-order valence-corrected chi connectivity index (χ4v) is 1.76. The number of rotatable bonds is 7. The second-order valence-electron chi connectivity index (χ2n) is 4.50. The first-order chi connectivity index (χ1) is 9.60. The number of carbonyl (C=O) groups is 2. The van der Waals surface area contributed by atoms with Crippen LogP contribution in [-0.2, 0) is 9.53 Å². The quantitative estimate of drug-likeness (QED) is 0.750. The Morgan fingerprint density at radius 2 is 2.00 bits per heavy atom. The molecule has 0 heterocycles. The topological polar surface area (TPSA) is 81.4 Å². The molecule has 1 aromatic rings. The van der Waals surface area contributed by atoms with Crippen LogP contribution in [0.1, 0.15) is 43.5 Å². The van der Waals surface area contributed by atoms with Crippen LogP contribution < -0.4 is 11.1 Å². The van der Waals surface area contributed by atoms with Gasteiger partial charge in [0.05, 0.1) is 23.9 Å². The van der Waals surface area contributed by atoms with Gasteiger partial charge < -0.3 is 15.8 Å². The van der Waals surface area contributed by atoms with Crippen LogP contribution in [0.4, 0.5) is 5.69 Å². The molecule has 0 fully saturated rings. The van der Waals surface area contributed by atoms with Crippen LogP contribution in [0.2, 0.25) is 0 Å². The molecule has 20 heavy (non-hydrogen) atoms. The maximum atomic E-state index is 12.0. The summed E-state index contributed by atoms with van der Waals surface area (Å²) in [5.74, 6) is -0.735. The van der Waals surface area contributed by atoms with Crippen molar-refractivity contribution in [2.75, 3.05) is 11.9 Å². The first-order valence-corrected chi connectivity index (χ1v) is 6.92. The number of esters is 1. The van der Waals surface area contributed by atoms with E-state index in [0.29, 0.717) is 17.7 Å². The van der Waals surface area contributed by atoms with Crippen molar-refractivity contribution < 1.29 is 14.3 Å². The Hall–Kier alpha value is -1.88. The standard InChI is InChI=1S/C15H22N2O3/c1-3-5-9-12(16)14(18)17-13-10-7-6-8-11(13)15(19)20-4-2/h6-8,10,12H,3-5,9,16H2,1-2H3,(H,17,18). The van der Waals surface area contributed by atoms with Crippen LogP contribution in [0.5, 0.6) is 0 Å². The van der Waals surface area contributed by atoms with E-state index in [2.05, 4.69) is 5.32 Å². The minimum absolute atomic E-state index is 0.282. The van der Waals surface area contributed by atoms with E-state index in [1.165, 1.54) is 0 Å². The summed E-state index contributed by atoms with van der Waals surface area (Å²) in [6.07, 6.45) is 2.51. The maximum Gasteiger partial charge on any atom is 0.340 e. The molecule has 3 N–H and O–H groups in total. The Morgan fingerprint density at radius 3 is 2.65 bits per heavy atom. The van der Waals surface area contributed by atoms with Crippen molar-refractivity contribution in [3.63, 3.8) is 0 Å². The molecule has 1 rings (SSSR count). The molecule has 0 radical (unpaired) electrons. The van der Waals surface area contributed by atoms with E-state index < -0.39 is 12.0 Å². The zero-order valence-corrected chi connectivity index (χ0v) is 12.0. The molecule has 0 aromatic heterocycles. The highest BCUT2D eigenvalue weighted by atomic mass is 16.5. The van der Waals surface area contributed by atoms with Crippen LogP contribution in [0.3, 0.4) is 0 Å². The lowest BCUT2D eigenvalue weighted by molar-refractivity contribution is -0.117. The normalized spacial score (nSPS) is 11.8. The highest BCUT2D eigenvalue weighted by molar-refractivity contribution is 6.02. The number of ether oxygens (including phenoxy) is 1. The number of hydrogen-bond donors (Lipinski definition) is 2. The van der Waals surface area contributed by atoms with E-state index in [9.17, 15) is 9.59 Å². The number of anilines is 1. The summed E-state index contributed by atoms with van der Waals surface area (Å²) in [6.45, 7) is 4.07. The van der Waals surface area contributed by atoms with Crippen molar-refractivity contribution in [1.29, 1.82) is 0 Å². The molecule has 0 aliphatic carbocycles. The summed E-state index contributed by atoms with van der Waals surface area (Å²) in [5, 5.41) is 2.69. The van der Waals surface area contributed by atoms with Gasteiger partial charge in [-0.2, -0.15) is 0 Å². The molecule has 0 saturated heterocycles. The number of amides is 1. The van der Waals surface area contributed by atoms with Gasteiger partial charge in [-0.1, -0.05) is 31.9 Å². The third kappa shape index (κ3) is 4.66. The number of nitrogens with one attached hydrogen (secondary N) is 1. The number of unbranched alkanes of at least 4 members (excludes halogenated alkanes) is 1. The smallest absolute Gasteiger partial charge is 0.340 e. The predicted molar refractivity (Wildman–Crippen MR) is 78.5 cm³/mol. The zero-order chi connectivity index (χ0) is 15.0. The van der Waals surface area contributed by atoms with Gasteiger partial charge in [0.15, 0.2) is 0 Å². The molecule has 110 valence electrons. The lowest BCUT2D eigenvalue weighted by atomic mass is 10.1. The van der Waals surface area contributed by atoms with Crippen LogP contribution in [0.15, 0.2) is 24.3 Å². The van der Waals surface area contributed by atoms with Crippen LogP contribution in [-0.4, -0.2) is 24.5 Å². The number of carbonyl (C=O) groups excluding carboxylic acids is 2. The van der Waals surface area contributed by atoms with Gasteiger partial charge in [0, 0.05) is 0 Å². The monoisotopic (exact) mass is 278 g/mol. The third-order valence-corrected chi connectivity index (χ3v) is 2.89. The van der Waals surface area contributed by atoms with E-state index in [4.69, 9.17) is 10.5 Å². The van der Waals surface area contributed by atoms with Crippen LogP contribution in [0.25, 0.3) is 0 Å². The Labute approximate surface area is 119 Å². The fourth-order valence-electron chi connectivity index (χ4n) is 1.76. The van der Waals surface area contributed by atoms with Gasteiger partial charge in [-0.25, -0.2) is 4.79 Å². The maximum absolute atomic E-state index is 12.0. The summed E-state index contributed by atoms with van der Waals surface area (Å²) in [7, 11) is 0. The van der Waals surface area contributed by atoms with Gasteiger partial charge in [0.25, 0.3) is 0 Å². The largest absolute Gasteiger partial charge is 0.462 e. The van der Waals surface area contributed by atoms with Gasteiger partial charge in [-0.15, -0.1) is 0 Å². The SMILES string of the molecule is CCCCC(N)C(=O)Nc1ccccc1C(=O)OCC. The van der Waals surface area contributed by atoms with Crippen molar-refractivity contribution in [2.24, 2.45) is 5.73 Å². The van der Waals surface area contributed by atoms with Crippen molar-refractivity contribution in [3.05, 3.63) is 29.8 Å². The average molecular weight is 278 g/mol. The molecule has 0 bridgehead atoms. The molecule has 0 spiro atoms. The minimum Gasteiger partial charge on any atom is -0.462 e. The highest BCUT2D eigenvalue weighted by Gasteiger charge is 2.17. The number of nitrogens with two attached hydrogens (primary N) is 1. The van der Waals surface area contributed by atoms with Crippen molar-refractivity contribution >= 4 is 17.6 Å². The highest BCUT2D eigenvalue weighted by Crippen LogP contribution is 2.16. The number of para-hydroxylation sites is 1. The second-order valence-corrected chi connectivity index (χ2v) is 4.50. The Balaban J connectivity index is 2.76. The summed E-state index contributed by atoms with van der Waals surface area (Å²) in [6, 6.07) is 6.18. The van der Waals surface area contributed by atoms with Gasteiger partial charge >= 0.3 is 5.97 Å². The lowest BCUT2D eigenvalue weighted by Gasteiger charge is -2.14. The van der Waals surface area contributed by atoms with Crippen molar-refractivity contribution in [2.45, 2.75) is 39.2 Å².